The molecular formula is C16H14N6O4S2. The van der Waals surface area contributed by atoms with Crippen LogP contribution in [-0.4, -0.2) is 37.1 Å². The number of aryl methyl sites for hydroxylation is 1. The monoisotopic (exact) mass is 418 g/mol. The van der Waals surface area contributed by atoms with Gasteiger partial charge in [-0.2, -0.15) is 0 Å². The zero-order valence-corrected chi connectivity index (χ0v) is 16.3. The van der Waals surface area contributed by atoms with Crippen LogP contribution >= 0.6 is 24.0 Å². The zero-order valence-electron chi connectivity index (χ0n) is 14.7. The van der Waals surface area contributed by atoms with Crippen molar-refractivity contribution in [3.05, 3.63) is 58.1 Å². The van der Waals surface area contributed by atoms with Crippen molar-refractivity contribution in [2.24, 2.45) is 0 Å². The quantitative estimate of drug-likeness (QED) is 0.278. The third-order valence-electron chi connectivity index (χ3n) is 3.61. The zero-order chi connectivity index (χ0) is 20.3. The van der Waals surface area contributed by atoms with Crippen molar-refractivity contribution >= 4 is 40.7 Å². The first kappa shape index (κ1) is 19.5. The summed E-state index contributed by atoms with van der Waals surface area (Å²) in [7, 11) is 0. The van der Waals surface area contributed by atoms with Gasteiger partial charge in [-0.25, -0.2) is 4.68 Å². The van der Waals surface area contributed by atoms with Gasteiger partial charge in [-0.15, -0.1) is 10.2 Å². The molecule has 0 aliphatic carbocycles. The highest BCUT2D eigenvalue weighted by Crippen LogP contribution is 2.30. The van der Waals surface area contributed by atoms with E-state index in [0.29, 0.717) is 11.0 Å². The molecule has 2 N–H and O–H groups in total. The molecule has 0 unspecified atom stereocenters. The highest BCUT2D eigenvalue weighted by molar-refractivity contribution is 7.98. The summed E-state index contributed by atoms with van der Waals surface area (Å²) in [6.07, 6.45) is 1.83. The highest BCUT2D eigenvalue weighted by atomic mass is 32.2. The van der Waals surface area contributed by atoms with Gasteiger partial charge in [0.05, 0.1) is 10.5 Å². The molecule has 2 heterocycles. The summed E-state index contributed by atoms with van der Waals surface area (Å²) < 4.78 is 7.02. The molecule has 1 amide bonds. The largest absolute Gasteiger partial charge is 0.451 e. The molecule has 1 aromatic carbocycles. The lowest BCUT2D eigenvalue weighted by Gasteiger charge is -2.11. The van der Waals surface area contributed by atoms with Crippen LogP contribution in [0.3, 0.4) is 0 Å². The molecule has 144 valence electrons. The predicted octanol–water partition coefficient (Wildman–Crippen LogP) is 2.74. The lowest BCUT2D eigenvalue weighted by atomic mass is 10.1. The Balaban J connectivity index is 1.73. The van der Waals surface area contributed by atoms with E-state index in [1.165, 1.54) is 34.6 Å². The Kier molecular flexibility index (Phi) is 5.70. The molecule has 0 radical (unpaired) electrons. The molecule has 0 aliphatic rings. The van der Waals surface area contributed by atoms with Gasteiger partial charge in [0, 0.05) is 6.07 Å². The van der Waals surface area contributed by atoms with Crippen molar-refractivity contribution in [2.75, 3.05) is 11.7 Å². The Hall–Kier alpha value is -3.25. The second kappa shape index (κ2) is 8.19. The molecule has 0 spiro atoms. The molecule has 10 nitrogen and oxygen atoms in total. The molecule has 0 atom stereocenters. The molecule has 3 rings (SSSR count). The summed E-state index contributed by atoms with van der Waals surface area (Å²) in [5.74, 6) is 0.134. The first-order valence-corrected chi connectivity index (χ1v) is 9.46. The Morgan fingerprint density at radius 1 is 1.29 bits per heavy atom. The summed E-state index contributed by atoms with van der Waals surface area (Å²) in [6.45, 7) is 1.73. The minimum absolute atomic E-state index is 0.0202. The van der Waals surface area contributed by atoms with Crippen LogP contribution in [0.2, 0.25) is 0 Å². The molecule has 0 aliphatic heterocycles. The smallest absolute Gasteiger partial charge is 0.293 e. The maximum Gasteiger partial charge on any atom is 0.293 e. The fourth-order valence-corrected chi connectivity index (χ4v) is 3.01. The van der Waals surface area contributed by atoms with Crippen molar-refractivity contribution in [3.8, 4) is 11.3 Å². The number of carbonyl (C=O) groups is 1. The Morgan fingerprint density at radius 2 is 2.04 bits per heavy atom. The number of furan rings is 1. The third kappa shape index (κ3) is 4.02. The number of hydrogen-bond acceptors (Lipinski definition) is 8. The van der Waals surface area contributed by atoms with E-state index >= 15 is 0 Å². The van der Waals surface area contributed by atoms with Crippen molar-refractivity contribution < 1.29 is 14.1 Å². The molecule has 0 bridgehead atoms. The Morgan fingerprint density at radius 3 is 2.75 bits per heavy atom. The number of thiocarbonyl (C=S) groups is 1. The van der Waals surface area contributed by atoms with Crippen LogP contribution in [0.25, 0.3) is 11.3 Å². The number of thioether (sulfide) groups is 1. The SMILES string of the molecule is CSc1nnc(C)n1NC(=S)NC(=O)c1ccc(-c2ccccc2[N+](=O)[O-])o1. The molecule has 0 saturated heterocycles. The van der Waals surface area contributed by atoms with Crippen LogP contribution in [0, 0.1) is 17.0 Å². The molecule has 2 aromatic heterocycles. The van der Waals surface area contributed by atoms with Crippen molar-refractivity contribution in [1.29, 1.82) is 0 Å². The molecule has 12 heteroatoms. The second-order valence-corrected chi connectivity index (χ2v) is 6.58. The van der Waals surface area contributed by atoms with Crippen LogP contribution in [0.15, 0.2) is 46.0 Å². The van der Waals surface area contributed by atoms with Gasteiger partial charge < -0.3 is 4.42 Å². The first-order chi connectivity index (χ1) is 13.4. The van der Waals surface area contributed by atoms with E-state index in [2.05, 4.69) is 20.9 Å². The average Bonchev–Trinajstić information content (AvgIpc) is 3.29. The van der Waals surface area contributed by atoms with E-state index in [9.17, 15) is 14.9 Å². The molecule has 3 aromatic rings. The normalized spacial score (nSPS) is 10.5. The number of carbonyl (C=O) groups excluding carboxylic acids is 1. The Bertz CT molecular complexity index is 1060. The fourth-order valence-electron chi connectivity index (χ4n) is 2.34. The minimum Gasteiger partial charge on any atom is -0.451 e. The summed E-state index contributed by atoms with van der Waals surface area (Å²) in [4.78, 5) is 23.0. The number of nitrogens with zero attached hydrogens (tertiary/aromatic N) is 4. The average molecular weight is 418 g/mol. The van der Waals surface area contributed by atoms with Gasteiger partial charge in [-0.1, -0.05) is 23.9 Å². The fraction of sp³-hybridized carbons (Fsp3) is 0.125. The maximum absolute atomic E-state index is 12.4. The molecular weight excluding hydrogens is 404 g/mol. The van der Waals surface area contributed by atoms with E-state index in [0.717, 1.165) is 0 Å². The number of benzene rings is 1. The summed E-state index contributed by atoms with van der Waals surface area (Å²) in [5.41, 5.74) is 2.97. The Labute approximate surface area is 168 Å². The highest BCUT2D eigenvalue weighted by Gasteiger charge is 2.20. The second-order valence-electron chi connectivity index (χ2n) is 5.40. The van der Waals surface area contributed by atoms with E-state index in [4.69, 9.17) is 16.6 Å². The van der Waals surface area contributed by atoms with Crippen molar-refractivity contribution in [2.45, 2.75) is 12.1 Å². The van der Waals surface area contributed by atoms with Crippen LogP contribution in [0.4, 0.5) is 5.69 Å². The molecule has 28 heavy (non-hydrogen) atoms. The van der Waals surface area contributed by atoms with Crippen molar-refractivity contribution in [1.82, 2.24) is 20.2 Å². The van der Waals surface area contributed by atoms with E-state index in [1.807, 2.05) is 6.26 Å². The van der Waals surface area contributed by atoms with E-state index < -0.39 is 10.8 Å². The minimum atomic E-state index is -0.598. The van der Waals surface area contributed by atoms with Crippen LogP contribution in [0.1, 0.15) is 16.4 Å². The van der Waals surface area contributed by atoms with Gasteiger partial charge in [0.2, 0.25) is 5.16 Å². The van der Waals surface area contributed by atoms with Gasteiger partial charge in [-0.3, -0.25) is 25.7 Å². The van der Waals surface area contributed by atoms with Gasteiger partial charge in [-0.05, 0) is 43.6 Å². The number of rotatable bonds is 5. The van der Waals surface area contributed by atoms with Gasteiger partial charge in [0.25, 0.3) is 11.6 Å². The van der Waals surface area contributed by atoms with Gasteiger partial charge in [0.1, 0.15) is 11.6 Å². The summed E-state index contributed by atoms with van der Waals surface area (Å²) in [5, 5.41) is 22.1. The number of aromatic nitrogens is 3. The van der Waals surface area contributed by atoms with Crippen molar-refractivity contribution in [3.63, 3.8) is 0 Å². The van der Waals surface area contributed by atoms with E-state index in [1.54, 1.807) is 25.1 Å². The topological polar surface area (TPSA) is 128 Å². The predicted molar refractivity (Wildman–Crippen MR) is 107 cm³/mol. The number of para-hydroxylation sites is 1. The van der Waals surface area contributed by atoms with Gasteiger partial charge >= 0.3 is 0 Å². The number of nitro benzene ring substituents is 1. The number of amides is 1. The number of nitrogens with one attached hydrogen (secondary N) is 2. The number of nitro groups is 1. The summed E-state index contributed by atoms with van der Waals surface area (Å²) in [6, 6.07) is 9.02. The number of hydrogen-bond donors (Lipinski definition) is 2. The molecule has 0 saturated carbocycles. The summed E-state index contributed by atoms with van der Waals surface area (Å²) >= 11 is 6.50. The van der Waals surface area contributed by atoms with E-state index in [-0.39, 0.29) is 27.9 Å². The maximum atomic E-state index is 12.4. The van der Waals surface area contributed by atoms with Crippen LogP contribution in [0.5, 0.6) is 0 Å². The lowest BCUT2D eigenvalue weighted by molar-refractivity contribution is -0.384. The van der Waals surface area contributed by atoms with Crippen LogP contribution in [-0.2, 0) is 0 Å². The van der Waals surface area contributed by atoms with Gasteiger partial charge in [0.15, 0.2) is 10.9 Å². The third-order valence-corrected chi connectivity index (χ3v) is 4.44. The standard InChI is InChI=1S/C16H14N6O4S2/c1-9-18-19-16(28-2)21(9)20-15(27)17-14(23)13-8-7-12(26-13)10-5-3-4-6-11(10)22(24)25/h3-8H,1-2H3,(H2,17,20,23,27). The molecule has 0 fully saturated rings. The lowest BCUT2D eigenvalue weighted by Crippen LogP contribution is -2.38. The van der Waals surface area contributed by atoms with Crippen LogP contribution < -0.4 is 10.7 Å². The first-order valence-electron chi connectivity index (χ1n) is 7.82.